The van der Waals surface area contributed by atoms with Gasteiger partial charge in [0.1, 0.15) is 0 Å². The summed E-state index contributed by atoms with van der Waals surface area (Å²) in [5.41, 5.74) is 0. The van der Waals surface area contributed by atoms with Crippen LogP contribution in [0.5, 0.6) is 0 Å². The Labute approximate surface area is 252 Å². The van der Waals surface area contributed by atoms with Crippen LogP contribution in [0, 0.1) is 11.8 Å². The fraction of sp³-hybridized carbons (Fsp3) is 0.500. The largest absolute Gasteiger partial charge is 0.394 e. The quantitative estimate of drug-likeness (QED) is 0.0778. The number of hydrogen-bond donors (Lipinski definition) is 0. The van der Waals surface area contributed by atoms with Gasteiger partial charge < -0.3 is 17.7 Å². The summed E-state index contributed by atoms with van der Waals surface area (Å²) < 4.78 is 23.9. The smallest absolute Gasteiger partial charge is 0.372 e. The Morgan fingerprint density at radius 1 is 0.541 bits per heavy atom. The molecule has 2 unspecified atom stereocenters. The van der Waals surface area contributed by atoms with E-state index in [0.29, 0.717) is 11.8 Å². The molecule has 0 spiro atoms. The summed E-state index contributed by atoms with van der Waals surface area (Å²) >= 11 is 0. The summed E-state index contributed by atoms with van der Waals surface area (Å²) in [7, 11) is 15.4. The Morgan fingerprint density at radius 3 is 1.19 bits per heavy atom. The van der Waals surface area contributed by atoms with E-state index < -0.39 is 17.1 Å². The first-order valence-corrected chi connectivity index (χ1v) is 25.0. The van der Waals surface area contributed by atoms with Crippen LogP contribution in [0.3, 0.4) is 0 Å². The standard InChI is InChI=1S/C24H38O4S7Si2/c1-21(19-36(25-3,26-4)23-13-9-7-10-14-23)17-29-31-33-35-34-32-30-18-22(2)20-37(27-5,28-6)24-15-11-8-12-16-24/h7-16,21-22H,17-20H2,1-6H3. The van der Waals surface area contributed by atoms with Crippen LogP contribution in [-0.4, -0.2) is 57.1 Å². The molecule has 2 aromatic rings. The van der Waals surface area contributed by atoms with Gasteiger partial charge in [-0.1, -0.05) is 96.1 Å². The molecule has 0 amide bonds. The fourth-order valence-corrected chi connectivity index (χ4v) is 25.3. The van der Waals surface area contributed by atoms with Crippen LogP contribution in [0.4, 0.5) is 0 Å². The number of benzene rings is 2. The van der Waals surface area contributed by atoms with Crippen molar-refractivity contribution in [3.8, 4) is 0 Å². The zero-order valence-electron chi connectivity index (χ0n) is 22.2. The van der Waals surface area contributed by atoms with Crippen LogP contribution in [0.2, 0.25) is 12.1 Å². The van der Waals surface area contributed by atoms with E-state index in [-0.39, 0.29) is 0 Å². The van der Waals surface area contributed by atoms with Gasteiger partial charge in [-0.25, -0.2) is 0 Å². The molecule has 0 aliphatic heterocycles. The molecule has 0 radical (unpaired) electrons. The summed E-state index contributed by atoms with van der Waals surface area (Å²) in [6.07, 6.45) is 0. The minimum Gasteiger partial charge on any atom is -0.394 e. The highest BCUT2D eigenvalue weighted by Crippen LogP contribution is 2.55. The molecule has 4 nitrogen and oxygen atoms in total. The lowest BCUT2D eigenvalue weighted by Crippen LogP contribution is -2.53. The number of hydrogen-bond acceptors (Lipinski definition) is 11. The normalized spacial score (nSPS) is 14.0. The van der Waals surface area contributed by atoms with Gasteiger partial charge in [0.2, 0.25) is 0 Å². The highest BCUT2D eigenvalue weighted by molar-refractivity contribution is 9.46. The monoisotopic (exact) mass is 670 g/mol. The Morgan fingerprint density at radius 2 is 0.865 bits per heavy atom. The van der Waals surface area contributed by atoms with Crippen molar-refractivity contribution in [2.24, 2.45) is 11.8 Å². The summed E-state index contributed by atoms with van der Waals surface area (Å²) in [6.45, 7) is 4.58. The second-order valence-electron chi connectivity index (χ2n) is 8.58. The third kappa shape index (κ3) is 11.5. The molecule has 37 heavy (non-hydrogen) atoms. The van der Waals surface area contributed by atoms with E-state index in [9.17, 15) is 0 Å². The van der Waals surface area contributed by atoms with Crippen molar-refractivity contribution < 1.29 is 17.7 Å². The molecule has 208 valence electrons. The Balaban J connectivity index is 1.59. The lowest BCUT2D eigenvalue weighted by Gasteiger charge is -2.30. The van der Waals surface area contributed by atoms with Crippen molar-refractivity contribution >= 4 is 98.2 Å². The molecule has 2 atom stereocenters. The summed E-state index contributed by atoms with van der Waals surface area (Å²) in [5, 5.41) is 2.40. The first-order valence-electron chi connectivity index (χ1n) is 11.8. The van der Waals surface area contributed by atoms with Gasteiger partial charge in [-0.3, -0.25) is 0 Å². The highest BCUT2D eigenvalue weighted by atomic mass is 33.9. The van der Waals surface area contributed by atoms with Crippen molar-refractivity contribution in [3.05, 3.63) is 60.7 Å². The summed E-state index contributed by atoms with van der Waals surface area (Å²) in [5.74, 6) is 3.17. The van der Waals surface area contributed by atoms with Crippen LogP contribution in [0.1, 0.15) is 13.8 Å². The third-order valence-electron chi connectivity index (χ3n) is 5.89. The molecule has 0 bridgehead atoms. The van der Waals surface area contributed by atoms with E-state index in [1.54, 1.807) is 28.4 Å². The van der Waals surface area contributed by atoms with Gasteiger partial charge in [0.05, 0.1) is 0 Å². The fourth-order valence-electron chi connectivity index (χ4n) is 3.99. The molecule has 2 rings (SSSR count). The second-order valence-corrected chi connectivity index (χ2v) is 26.6. The molecule has 0 aliphatic carbocycles. The lowest BCUT2D eigenvalue weighted by atomic mass is 10.3. The molecule has 0 fully saturated rings. The van der Waals surface area contributed by atoms with E-state index >= 15 is 0 Å². The van der Waals surface area contributed by atoms with Crippen LogP contribution < -0.4 is 10.4 Å². The minimum atomic E-state index is -2.38. The molecule has 0 aliphatic rings. The Bertz CT molecular complexity index is 780. The molecule has 0 aromatic heterocycles. The van der Waals surface area contributed by atoms with E-state index in [4.69, 9.17) is 17.7 Å². The van der Waals surface area contributed by atoms with Gasteiger partial charge >= 0.3 is 17.1 Å². The topological polar surface area (TPSA) is 36.9 Å². The van der Waals surface area contributed by atoms with Crippen molar-refractivity contribution in [2.75, 3.05) is 39.9 Å². The van der Waals surface area contributed by atoms with Crippen LogP contribution in [0.15, 0.2) is 60.7 Å². The van der Waals surface area contributed by atoms with Gasteiger partial charge in [0.25, 0.3) is 0 Å². The van der Waals surface area contributed by atoms with Gasteiger partial charge in [-0.05, 0) is 83.4 Å². The van der Waals surface area contributed by atoms with Crippen molar-refractivity contribution in [1.82, 2.24) is 0 Å². The minimum absolute atomic E-state index is 0.514. The second kappa shape index (κ2) is 19.3. The summed E-state index contributed by atoms with van der Waals surface area (Å²) in [6, 6.07) is 22.7. The zero-order valence-corrected chi connectivity index (χ0v) is 30.0. The Kier molecular flexibility index (Phi) is 17.9. The van der Waals surface area contributed by atoms with E-state index in [0.717, 1.165) is 23.6 Å². The molecule has 0 saturated heterocycles. The van der Waals surface area contributed by atoms with Crippen molar-refractivity contribution in [2.45, 2.75) is 25.9 Å². The highest BCUT2D eigenvalue weighted by Gasteiger charge is 2.40. The van der Waals surface area contributed by atoms with Gasteiger partial charge in [-0.15, -0.1) is 0 Å². The first kappa shape index (κ1) is 34.4. The molecule has 13 heteroatoms. The molecular formula is C24H38O4S7Si2. The van der Waals surface area contributed by atoms with Crippen molar-refractivity contribution in [3.63, 3.8) is 0 Å². The molecule has 0 N–H and O–H groups in total. The average molecular weight is 671 g/mol. The van der Waals surface area contributed by atoms with Crippen LogP contribution >= 0.6 is 70.7 Å². The predicted octanol–water partition coefficient (Wildman–Crippen LogP) is 8.17. The predicted molar refractivity (Wildman–Crippen MR) is 183 cm³/mol. The third-order valence-corrected chi connectivity index (χ3v) is 27.0. The van der Waals surface area contributed by atoms with Gasteiger partial charge in [0.15, 0.2) is 0 Å². The summed E-state index contributed by atoms with van der Waals surface area (Å²) in [4.78, 5) is 0. The van der Waals surface area contributed by atoms with Crippen LogP contribution in [0.25, 0.3) is 0 Å². The maximum absolute atomic E-state index is 5.98. The average Bonchev–Trinajstić information content (AvgIpc) is 2.94. The van der Waals surface area contributed by atoms with E-state index in [2.05, 4.69) is 62.4 Å². The van der Waals surface area contributed by atoms with E-state index in [1.165, 1.54) is 10.4 Å². The molecular weight excluding hydrogens is 633 g/mol. The first-order chi connectivity index (χ1) is 17.9. The Hall–Kier alpha value is 1.16. The van der Waals surface area contributed by atoms with Gasteiger partial charge in [-0.2, -0.15) is 0 Å². The maximum Gasteiger partial charge on any atom is 0.372 e. The maximum atomic E-state index is 5.98. The molecule has 2 aromatic carbocycles. The van der Waals surface area contributed by atoms with Crippen LogP contribution in [-0.2, 0) is 17.7 Å². The molecule has 0 heterocycles. The van der Waals surface area contributed by atoms with Crippen molar-refractivity contribution in [1.29, 1.82) is 0 Å². The van der Waals surface area contributed by atoms with E-state index in [1.807, 2.05) is 82.9 Å². The molecule has 0 saturated carbocycles. The number of rotatable bonds is 20. The van der Waals surface area contributed by atoms with Gasteiger partial charge in [0, 0.05) is 39.9 Å². The zero-order chi connectivity index (χ0) is 27.0. The SMILES string of the molecule is CO[Si](CC(C)CSSSSSSSCC(C)C[Si](OC)(OC)c1ccccc1)(OC)c1ccccc1. The lowest BCUT2D eigenvalue weighted by molar-refractivity contribution is 0.252.